The summed E-state index contributed by atoms with van der Waals surface area (Å²) < 4.78 is 26.2. The van der Waals surface area contributed by atoms with Crippen LogP contribution in [0.1, 0.15) is 66.7 Å². The number of aryl methyl sites for hydroxylation is 3. The zero-order chi connectivity index (χ0) is 45.4. The van der Waals surface area contributed by atoms with Crippen molar-refractivity contribution in [2.24, 2.45) is 0 Å². The highest BCUT2D eigenvalue weighted by Gasteiger charge is 2.16. The van der Waals surface area contributed by atoms with Crippen LogP contribution in [0, 0.1) is 6.92 Å². The first-order valence-electron chi connectivity index (χ1n) is 18.5. The van der Waals surface area contributed by atoms with Crippen LogP contribution in [0.4, 0.5) is 4.39 Å². The van der Waals surface area contributed by atoms with Crippen LogP contribution < -0.4 is 0 Å². The molecule has 0 bridgehead atoms. The topological polar surface area (TPSA) is 224 Å². The minimum absolute atomic E-state index is 0.250. The number of alkyl halides is 1. The lowest BCUT2D eigenvalue weighted by Gasteiger charge is -2.08. The van der Waals surface area contributed by atoms with Crippen molar-refractivity contribution in [3.63, 3.8) is 0 Å². The van der Waals surface area contributed by atoms with Gasteiger partial charge in [0, 0.05) is 37.2 Å². The van der Waals surface area contributed by atoms with Gasteiger partial charge in [-0.25, -0.2) is 39.5 Å². The number of rotatable bonds is 9. The molecule has 0 fully saturated rings. The number of aromatic nitrogens is 8. The number of ether oxygens (including phenoxy) is 2. The van der Waals surface area contributed by atoms with Gasteiger partial charge in [0.2, 0.25) is 0 Å². The van der Waals surface area contributed by atoms with E-state index in [1.165, 1.54) is 5.56 Å². The maximum absolute atomic E-state index is 12.2. The van der Waals surface area contributed by atoms with Crippen LogP contribution in [-0.2, 0) is 41.5 Å². The minimum Gasteiger partial charge on any atom is -0.462 e. The van der Waals surface area contributed by atoms with Crippen LogP contribution in [-0.4, -0.2) is 84.5 Å². The first-order valence-corrected chi connectivity index (χ1v) is 18.6. The van der Waals surface area contributed by atoms with Crippen LogP contribution in [0.25, 0.3) is 34.3 Å². The molecule has 0 aliphatic carbocycles. The molecular weight excluding hydrogens is 843 g/mol. The second-order valence-corrected chi connectivity index (χ2v) is 11.8. The lowest BCUT2D eigenvalue weighted by Crippen LogP contribution is -2.07. The van der Waals surface area contributed by atoms with Crippen molar-refractivity contribution in [3.8, 4) is 34.3 Å². The van der Waals surface area contributed by atoms with Crippen molar-refractivity contribution in [2.45, 2.75) is 47.5 Å². The Bertz CT molecular complexity index is 2290. The van der Waals surface area contributed by atoms with Crippen LogP contribution in [0.15, 0.2) is 102 Å². The van der Waals surface area contributed by atoms with E-state index in [2.05, 4.69) is 69.6 Å². The van der Waals surface area contributed by atoms with Gasteiger partial charge in [0.25, 0.3) is 0 Å². The normalized spacial score (nSPS) is 9.42. The molecule has 6 aromatic heterocycles. The number of hydrogen-bond donors (Lipinski definition) is 0. The number of hydrogen-bond acceptors (Lipinski definition) is 16. The molecule has 6 heterocycles. The van der Waals surface area contributed by atoms with E-state index >= 15 is 0 Å². The molecule has 0 aliphatic heterocycles. The van der Waals surface area contributed by atoms with Gasteiger partial charge in [0.05, 0.1) is 55.6 Å². The molecule has 312 valence electrons. The van der Waals surface area contributed by atoms with Crippen molar-refractivity contribution >= 4 is 40.2 Å². The van der Waals surface area contributed by atoms with Crippen LogP contribution >= 0.6 is 15.9 Å². The first-order chi connectivity index (χ1) is 29.5. The second-order valence-electron chi connectivity index (χ2n) is 11.0. The fourth-order valence-corrected chi connectivity index (χ4v) is 4.98. The first kappa shape index (κ1) is 49.0. The summed E-state index contributed by atoms with van der Waals surface area (Å²) in [4.78, 5) is 90.4. The minimum atomic E-state index is -1.00. The molecule has 0 atom stereocenters. The van der Waals surface area contributed by atoms with Crippen LogP contribution in [0.3, 0.4) is 0 Å². The summed E-state index contributed by atoms with van der Waals surface area (Å²) in [6.45, 7) is 10.2. The Morgan fingerprint density at radius 3 is 1.42 bits per heavy atom. The van der Waals surface area contributed by atoms with E-state index in [9.17, 15) is 14.0 Å². The van der Waals surface area contributed by atoms with Crippen molar-refractivity contribution in [3.05, 3.63) is 131 Å². The predicted octanol–water partition coefficient (Wildman–Crippen LogP) is 7.19. The van der Waals surface area contributed by atoms with E-state index in [0.29, 0.717) is 57.5 Å². The van der Waals surface area contributed by atoms with E-state index in [1.807, 2.05) is 31.2 Å². The Kier molecular flexibility index (Phi) is 24.5. The highest BCUT2D eigenvalue weighted by molar-refractivity contribution is 9.10. The molecule has 0 amide bonds. The average molecular weight is 887 g/mol. The number of carbonyl (C=O) groups is 2. The molecule has 0 saturated heterocycles. The maximum Gasteiger partial charge on any atom is 0.373 e. The SMILES string of the molecule is CCOC(=O)c1cc(-c2cc(CC)ccn2)nc(-c2ncccn2)c1.CCOC(=O)c1cc(Br)nc(-c2cc(CC)ccn2)c1.Cc1ncccn1.O=C=O.O=C=O.[2H]CF. The van der Waals surface area contributed by atoms with E-state index in [-0.39, 0.29) is 18.3 Å². The van der Waals surface area contributed by atoms with E-state index in [1.54, 1.807) is 87.4 Å². The highest BCUT2D eigenvalue weighted by Crippen LogP contribution is 2.24. The summed E-state index contributed by atoms with van der Waals surface area (Å²) in [5.74, 6) is 0.502. The summed E-state index contributed by atoms with van der Waals surface area (Å²) in [5, 5.41) is 0. The van der Waals surface area contributed by atoms with Crippen LogP contribution in [0.2, 0.25) is 0 Å². The second kappa shape index (κ2) is 30.0. The molecule has 18 heteroatoms. The fraction of sp³-hybridized carbons (Fsp3) is 0.238. The van der Waals surface area contributed by atoms with Gasteiger partial charge >= 0.3 is 24.2 Å². The fourth-order valence-electron chi connectivity index (χ4n) is 4.54. The third kappa shape index (κ3) is 18.4. The number of halogens is 2. The van der Waals surface area contributed by atoms with Gasteiger partial charge in [-0.2, -0.15) is 19.2 Å². The van der Waals surface area contributed by atoms with Crippen molar-refractivity contribution in [2.75, 3.05) is 20.4 Å². The molecule has 0 radical (unpaired) electrons. The number of nitrogens with zero attached hydrogens (tertiary/aromatic N) is 8. The summed E-state index contributed by atoms with van der Waals surface area (Å²) in [6.07, 6.45) is 12.5. The largest absolute Gasteiger partial charge is 0.462 e. The van der Waals surface area contributed by atoms with Gasteiger partial charge in [0.15, 0.2) is 5.82 Å². The van der Waals surface area contributed by atoms with E-state index < -0.39 is 13.1 Å². The lowest BCUT2D eigenvalue weighted by molar-refractivity contribution is -0.193. The van der Waals surface area contributed by atoms with Gasteiger partial charge in [-0.05, 0) is 121 Å². The smallest absolute Gasteiger partial charge is 0.373 e. The quantitative estimate of drug-likeness (QED) is 0.103. The molecule has 16 nitrogen and oxygen atoms in total. The summed E-state index contributed by atoms with van der Waals surface area (Å²) in [6, 6.07) is 18.1. The zero-order valence-corrected chi connectivity index (χ0v) is 35.0. The lowest BCUT2D eigenvalue weighted by atomic mass is 10.1. The molecule has 0 spiro atoms. The van der Waals surface area contributed by atoms with Crippen LogP contribution in [0.5, 0.6) is 0 Å². The molecule has 0 N–H and O–H groups in total. The Labute approximate surface area is 355 Å². The standard InChI is InChI=1S/C19H18N4O2.C15H15BrN2O2.C5H6N2.CH3F.2CO2/c1-3-13-6-9-20-15(10-13)16-11-14(19(24)25-4-2)12-17(23-16)18-21-7-5-8-22-18;1-3-10-5-6-17-12(7-10)13-8-11(9-14(16)18-13)15(19)20-4-2;1-5-6-3-2-4-7-5;1-2;2*2-1-3/h5-12H,3-4H2,1-2H3;5-9H,3-4H2,1-2H3;2-4H,1H3;1H3;;/i;;;1D;;. The molecule has 60 heavy (non-hydrogen) atoms. The van der Waals surface area contributed by atoms with E-state index in [0.717, 1.165) is 29.9 Å². The molecule has 0 saturated carbocycles. The number of carbonyl (C=O) groups excluding carboxylic acids is 6. The molecule has 6 aromatic rings. The Balaban J connectivity index is 0.000000456. The molecule has 0 aromatic carbocycles. The third-order valence-electron chi connectivity index (χ3n) is 7.12. The average Bonchev–Trinajstić information content (AvgIpc) is 3.28. The van der Waals surface area contributed by atoms with E-state index in [4.69, 9.17) is 30.0 Å². The molecular formula is C42H42BrFN8O8. The maximum atomic E-state index is 12.2. The van der Waals surface area contributed by atoms with Gasteiger partial charge in [-0.3, -0.25) is 14.4 Å². The van der Waals surface area contributed by atoms with Gasteiger partial charge < -0.3 is 9.47 Å². The predicted molar refractivity (Wildman–Crippen MR) is 218 cm³/mol. The summed E-state index contributed by atoms with van der Waals surface area (Å²) in [5.41, 5.74) is 6.37. The molecule has 0 unspecified atom stereocenters. The number of pyridine rings is 4. The number of esters is 2. The van der Waals surface area contributed by atoms with Crippen molar-refractivity contribution in [1.29, 1.82) is 0 Å². The van der Waals surface area contributed by atoms with Crippen molar-refractivity contribution < 1.29 is 44.0 Å². The molecule has 0 aliphatic rings. The molecule has 6 rings (SSSR count). The Hall–Kier alpha value is -7.13. The summed E-state index contributed by atoms with van der Waals surface area (Å²) >= 11 is 3.32. The summed E-state index contributed by atoms with van der Waals surface area (Å²) in [7, 11) is -1.00. The Morgan fingerprint density at radius 2 is 1.02 bits per heavy atom. The Morgan fingerprint density at radius 1 is 0.617 bits per heavy atom. The highest BCUT2D eigenvalue weighted by atomic mass is 79.9. The van der Waals surface area contributed by atoms with Gasteiger partial charge in [0.1, 0.15) is 16.1 Å². The third-order valence-corrected chi connectivity index (χ3v) is 7.53. The zero-order valence-electron chi connectivity index (χ0n) is 34.4. The van der Waals surface area contributed by atoms with Gasteiger partial charge in [-0.1, -0.05) is 13.8 Å². The van der Waals surface area contributed by atoms with Crippen molar-refractivity contribution in [1.82, 2.24) is 39.9 Å². The van der Waals surface area contributed by atoms with Gasteiger partial charge in [-0.15, -0.1) is 0 Å². The monoisotopic (exact) mass is 885 g/mol.